The monoisotopic (exact) mass is 290 g/mol. The van der Waals surface area contributed by atoms with Gasteiger partial charge in [-0.25, -0.2) is 5.01 Å². The van der Waals surface area contributed by atoms with Gasteiger partial charge in [0.05, 0.1) is 0 Å². The van der Waals surface area contributed by atoms with E-state index >= 15 is 0 Å². The largest absolute Gasteiger partial charge is 0.454 e. The number of hydrogen-bond donors (Lipinski definition) is 0. The first-order chi connectivity index (χ1) is 8.05. The van der Waals surface area contributed by atoms with Crippen molar-refractivity contribution in [2.75, 3.05) is 6.73 Å². The van der Waals surface area contributed by atoms with Crippen LogP contribution >= 0.6 is 34.8 Å². The second kappa shape index (κ2) is 5.17. The number of alkyl halides is 3. The third kappa shape index (κ3) is 3.53. The molecular formula is C11H9Cl3N2O. The van der Waals surface area contributed by atoms with Crippen LogP contribution in [0, 0.1) is 0 Å². The van der Waals surface area contributed by atoms with Gasteiger partial charge in [0.2, 0.25) is 5.90 Å². The van der Waals surface area contributed by atoms with Crippen LogP contribution in [-0.4, -0.2) is 21.6 Å². The Bertz CT molecular complexity index is 440. The zero-order valence-corrected chi connectivity index (χ0v) is 11.0. The predicted octanol–water partition coefficient (Wildman–Crippen LogP) is 3.63. The fourth-order valence-corrected chi connectivity index (χ4v) is 1.51. The third-order valence-electron chi connectivity index (χ3n) is 2.06. The number of hydrazone groups is 1. The minimum atomic E-state index is -1.58. The van der Waals surface area contributed by atoms with E-state index in [1.54, 1.807) is 6.08 Å². The molecule has 17 heavy (non-hydrogen) atoms. The Balaban J connectivity index is 2.04. The molecule has 0 bridgehead atoms. The molecule has 6 heteroatoms. The molecule has 1 aromatic carbocycles. The standard InChI is InChI=1S/C11H9Cl3N2O/c12-11(13,14)16-8-17-10(15-16)7-6-9-4-2-1-3-5-9/h1-7H,8H2. The Morgan fingerprint density at radius 1 is 1.18 bits per heavy atom. The van der Waals surface area contributed by atoms with Gasteiger partial charge in [0.15, 0.2) is 6.73 Å². The third-order valence-corrected chi connectivity index (χ3v) is 2.65. The van der Waals surface area contributed by atoms with Gasteiger partial charge in [0.1, 0.15) is 0 Å². The molecule has 0 N–H and O–H groups in total. The molecule has 2 rings (SSSR count). The van der Waals surface area contributed by atoms with Crippen molar-refractivity contribution in [3.05, 3.63) is 42.0 Å². The fraction of sp³-hybridized carbons (Fsp3) is 0.182. The van der Waals surface area contributed by atoms with Crippen LogP contribution in [0.15, 0.2) is 41.5 Å². The van der Waals surface area contributed by atoms with E-state index in [4.69, 9.17) is 39.5 Å². The summed E-state index contributed by atoms with van der Waals surface area (Å²) in [4.78, 5) is 0. The lowest BCUT2D eigenvalue weighted by Crippen LogP contribution is -2.28. The van der Waals surface area contributed by atoms with Crippen LogP contribution < -0.4 is 0 Å². The Labute approximate surface area is 114 Å². The fourth-order valence-electron chi connectivity index (χ4n) is 1.25. The molecule has 1 aliphatic heterocycles. The molecule has 0 spiro atoms. The van der Waals surface area contributed by atoms with Crippen molar-refractivity contribution in [1.29, 1.82) is 0 Å². The minimum Gasteiger partial charge on any atom is -0.454 e. The van der Waals surface area contributed by atoms with Crippen LogP contribution in [0.5, 0.6) is 0 Å². The van der Waals surface area contributed by atoms with Gasteiger partial charge in [0, 0.05) is 6.08 Å². The van der Waals surface area contributed by atoms with Crippen molar-refractivity contribution in [2.24, 2.45) is 5.10 Å². The summed E-state index contributed by atoms with van der Waals surface area (Å²) in [5, 5.41) is 5.26. The number of rotatable bonds is 2. The van der Waals surface area contributed by atoms with E-state index in [2.05, 4.69) is 5.10 Å². The molecule has 1 aromatic rings. The quantitative estimate of drug-likeness (QED) is 0.614. The van der Waals surface area contributed by atoms with E-state index in [0.717, 1.165) is 5.56 Å². The molecule has 0 aromatic heterocycles. The summed E-state index contributed by atoms with van der Waals surface area (Å²) in [6.07, 6.45) is 3.60. The number of nitrogens with zero attached hydrogens (tertiary/aromatic N) is 2. The topological polar surface area (TPSA) is 24.8 Å². The molecule has 0 fully saturated rings. The van der Waals surface area contributed by atoms with Crippen molar-refractivity contribution >= 4 is 46.8 Å². The van der Waals surface area contributed by atoms with Gasteiger partial charge in [-0.2, -0.15) is 0 Å². The molecule has 0 aliphatic carbocycles. The summed E-state index contributed by atoms with van der Waals surface area (Å²) in [5.74, 6) is 0.417. The summed E-state index contributed by atoms with van der Waals surface area (Å²) in [6.45, 7) is 0.130. The lowest BCUT2D eigenvalue weighted by molar-refractivity contribution is 0.168. The van der Waals surface area contributed by atoms with Gasteiger partial charge in [-0.15, -0.1) is 5.10 Å². The van der Waals surface area contributed by atoms with Crippen LogP contribution in [0.4, 0.5) is 0 Å². The normalized spacial score (nSPS) is 16.2. The highest BCUT2D eigenvalue weighted by Crippen LogP contribution is 2.32. The van der Waals surface area contributed by atoms with Crippen LogP contribution in [0.2, 0.25) is 0 Å². The van der Waals surface area contributed by atoms with Crippen LogP contribution in [0.1, 0.15) is 5.56 Å². The Hall–Kier alpha value is -0.900. The van der Waals surface area contributed by atoms with Gasteiger partial charge in [-0.1, -0.05) is 65.1 Å². The first-order valence-electron chi connectivity index (χ1n) is 4.84. The van der Waals surface area contributed by atoms with E-state index < -0.39 is 3.92 Å². The zero-order valence-electron chi connectivity index (χ0n) is 8.69. The second-order valence-corrected chi connectivity index (χ2v) is 5.54. The first-order valence-corrected chi connectivity index (χ1v) is 5.98. The SMILES string of the molecule is ClC(Cl)(Cl)N1COC(C=Cc2ccccc2)=N1. The van der Waals surface area contributed by atoms with Crippen molar-refractivity contribution < 1.29 is 4.74 Å². The van der Waals surface area contributed by atoms with Crippen LogP contribution in [0.25, 0.3) is 6.08 Å². The summed E-state index contributed by atoms with van der Waals surface area (Å²) in [6, 6.07) is 9.79. The number of benzene rings is 1. The highest BCUT2D eigenvalue weighted by atomic mass is 35.6. The molecular weight excluding hydrogens is 282 g/mol. The molecule has 0 unspecified atom stereocenters. The Kier molecular flexibility index (Phi) is 3.82. The lowest BCUT2D eigenvalue weighted by atomic mass is 10.2. The number of hydrogen-bond acceptors (Lipinski definition) is 3. The van der Waals surface area contributed by atoms with Crippen LogP contribution in [-0.2, 0) is 4.74 Å². The summed E-state index contributed by atoms with van der Waals surface area (Å²) >= 11 is 17.0. The zero-order chi connectivity index (χ0) is 12.3. The lowest BCUT2D eigenvalue weighted by Gasteiger charge is -2.19. The summed E-state index contributed by atoms with van der Waals surface area (Å²) in [5.41, 5.74) is 1.05. The molecule has 0 radical (unpaired) electrons. The molecule has 0 saturated heterocycles. The van der Waals surface area contributed by atoms with E-state index in [0.29, 0.717) is 5.90 Å². The molecule has 0 amide bonds. The highest BCUT2D eigenvalue weighted by molar-refractivity contribution is 6.67. The van der Waals surface area contributed by atoms with E-state index in [1.807, 2.05) is 36.4 Å². The van der Waals surface area contributed by atoms with Gasteiger partial charge < -0.3 is 4.74 Å². The smallest absolute Gasteiger partial charge is 0.285 e. The van der Waals surface area contributed by atoms with E-state index in [1.165, 1.54) is 5.01 Å². The average Bonchev–Trinajstić information content (AvgIpc) is 2.76. The van der Waals surface area contributed by atoms with Crippen molar-refractivity contribution in [3.8, 4) is 0 Å². The first kappa shape index (κ1) is 12.6. The molecule has 90 valence electrons. The molecule has 0 saturated carbocycles. The molecule has 1 aliphatic rings. The van der Waals surface area contributed by atoms with Gasteiger partial charge in [-0.3, -0.25) is 0 Å². The van der Waals surface area contributed by atoms with Crippen molar-refractivity contribution in [2.45, 2.75) is 3.92 Å². The van der Waals surface area contributed by atoms with E-state index in [-0.39, 0.29) is 6.73 Å². The molecule has 0 atom stereocenters. The second-order valence-electron chi connectivity index (χ2n) is 3.32. The summed E-state index contributed by atoms with van der Waals surface area (Å²) < 4.78 is 3.67. The van der Waals surface area contributed by atoms with Gasteiger partial charge in [-0.05, 0) is 11.6 Å². The maximum atomic E-state index is 5.67. The maximum Gasteiger partial charge on any atom is 0.285 e. The Morgan fingerprint density at radius 2 is 1.88 bits per heavy atom. The maximum absolute atomic E-state index is 5.67. The highest BCUT2D eigenvalue weighted by Gasteiger charge is 2.32. The number of halogens is 3. The van der Waals surface area contributed by atoms with Gasteiger partial charge >= 0.3 is 0 Å². The van der Waals surface area contributed by atoms with Gasteiger partial charge in [0.25, 0.3) is 3.92 Å². The van der Waals surface area contributed by atoms with E-state index in [9.17, 15) is 0 Å². The minimum absolute atomic E-state index is 0.130. The van der Waals surface area contributed by atoms with Crippen molar-refractivity contribution in [1.82, 2.24) is 5.01 Å². The predicted molar refractivity (Wildman–Crippen MR) is 71.0 cm³/mol. The summed E-state index contributed by atoms with van der Waals surface area (Å²) in [7, 11) is 0. The number of ether oxygens (including phenoxy) is 1. The molecule has 1 heterocycles. The average molecular weight is 292 g/mol. The Morgan fingerprint density at radius 3 is 2.47 bits per heavy atom. The van der Waals surface area contributed by atoms with Crippen molar-refractivity contribution in [3.63, 3.8) is 0 Å². The van der Waals surface area contributed by atoms with Crippen LogP contribution in [0.3, 0.4) is 0 Å². The molecule has 3 nitrogen and oxygen atoms in total.